The summed E-state index contributed by atoms with van der Waals surface area (Å²) in [7, 11) is 0. The molecule has 0 saturated heterocycles. The van der Waals surface area contributed by atoms with Crippen molar-refractivity contribution in [3.8, 4) is 22.8 Å². The van der Waals surface area contributed by atoms with Crippen molar-refractivity contribution in [3.63, 3.8) is 0 Å². The summed E-state index contributed by atoms with van der Waals surface area (Å²) in [6, 6.07) is 17.3. The number of hydrogen-bond donors (Lipinski definition) is 0. The third kappa shape index (κ3) is 1.88. The van der Waals surface area contributed by atoms with E-state index in [0.717, 1.165) is 17.1 Å². The molecule has 1 aromatic heterocycles. The van der Waals surface area contributed by atoms with E-state index in [4.69, 9.17) is 9.47 Å². The third-order valence-electron chi connectivity index (χ3n) is 3.93. The Morgan fingerprint density at radius 3 is 2.62 bits per heavy atom. The molecule has 0 radical (unpaired) electrons. The Kier molecular flexibility index (Phi) is 2.67. The molecule has 2 aromatic carbocycles. The molecule has 0 saturated carbocycles. The van der Waals surface area contributed by atoms with Crippen molar-refractivity contribution in [2.75, 3.05) is 6.79 Å². The molecule has 4 rings (SSSR count). The van der Waals surface area contributed by atoms with Gasteiger partial charge in [-0.2, -0.15) is 0 Å². The van der Waals surface area contributed by atoms with Gasteiger partial charge >= 0.3 is 0 Å². The van der Waals surface area contributed by atoms with Crippen LogP contribution in [-0.2, 0) is 0 Å². The summed E-state index contributed by atoms with van der Waals surface area (Å²) in [5.74, 6) is 1.65. The van der Waals surface area contributed by atoms with Crippen molar-refractivity contribution < 1.29 is 9.47 Å². The number of para-hydroxylation sites is 1. The fourth-order valence-electron chi connectivity index (χ4n) is 3.01. The summed E-state index contributed by atoms with van der Waals surface area (Å²) in [4.78, 5) is 0. The van der Waals surface area contributed by atoms with Crippen LogP contribution < -0.4 is 9.47 Å². The van der Waals surface area contributed by atoms with E-state index >= 15 is 0 Å². The largest absolute Gasteiger partial charge is 0.454 e. The minimum absolute atomic E-state index is 0.311. The lowest BCUT2D eigenvalue weighted by atomic mass is 10.1. The van der Waals surface area contributed by atoms with Crippen molar-refractivity contribution in [3.05, 3.63) is 48.5 Å². The minimum Gasteiger partial charge on any atom is -0.454 e. The lowest BCUT2D eigenvalue weighted by Crippen LogP contribution is -2.02. The monoisotopic (exact) mass is 279 g/mol. The smallest absolute Gasteiger partial charge is 0.231 e. The zero-order valence-corrected chi connectivity index (χ0v) is 12.2. The number of ether oxygens (including phenoxy) is 2. The van der Waals surface area contributed by atoms with Gasteiger partial charge in [0, 0.05) is 28.2 Å². The van der Waals surface area contributed by atoms with Gasteiger partial charge in [0.25, 0.3) is 0 Å². The second kappa shape index (κ2) is 4.55. The molecule has 2 heterocycles. The van der Waals surface area contributed by atoms with Crippen LogP contribution in [-0.4, -0.2) is 11.4 Å². The lowest BCUT2D eigenvalue weighted by molar-refractivity contribution is 0.174. The first kappa shape index (κ1) is 12.3. The molecule has 0 fully saturated rings. The van der Waals surface area contributed by atoms with E-state index in [2.05, 4.69) is 60.9 Å². The Labute approximate surface area is 123 Å². The van der Waals surface area contributed by atoms with Gasteiger partial charge in [-0.15, -0.1) is 0 Å². The van der Waals surface area contributed by atoms with Gasteiger partial charge in [-0.3, -0.25) is 0 Å². The number of nitrogens with zero attached hydrogens (tertiary/aromatic N) is 1. The van der Waals surface area contributed by atoms with Crippen LogP contribution in [0.1, 0.15) is 19.9 Å². The SMILES string of the molecule is CC(C)n1c(-c2ccc3c(c2)OCO3)cc2ccccc21. The van der Waals surface area contributed by atoms with Gasteiger partial charge < -0.3 is 14.0 Å². The van der Waals surface area contributed by atoms with Crippen LogP contribution in [0.15, 0.2) is 48.5 Å². The van der Waals surface area contributed by atoms with E-state index < -0.39 is 0 Å². The van der Waals surface area contributed by atoms with Crippen molar-refractivity contribution in [2.24, 2.45) is 0 Å². The number of fused-ring (bicyclic) bond motifs is 2. The van der Waals surface area contributed by atoms with Crippen LogP contribution in [0.4, 0.5) is 0 Å². The first-order valence-corrected chi connectivity index (χ1v) is 7.24. The maximum atomic E-state index is 5.50. The summed E-state index contributed by atoms with van der Waals surface area (Å²) >= 11 is 0. The van der Waals surface area contributed by atoms with E-state index in [1.165, 1.54) is 16.6 Å². The maximum absolute atomic E-state index is 5.50. The normalized spacial score (nSPS) is 13.3. The molecule has 1 aliphatic rings. The van der Waals surface area contributed by atoms with Gasteiger partial charge in [-0.25, -0.2) is 0 Å². The van der Waals surface area contributed by atoms with Crippen LogP contribution in [0.3, 0.4) is 0 Å². The van der Waals surface area contributed by atoms with Gasteiger partial charge in [0.15, 0.2) is 11.5 Å². The highest BCUT2D eigenvalue weighted by Gasteiger charge is 2.17. The maximum Gasteiger partial charge on any atom is 0.231 e. The molecule has 0 spiro atoms. The highest BCUT2D eigenvalue weighted by Crippen LogP contribution is 2.38. The number of aromatic nitrogens is 1. The summed E-state index contributed by atoms with van der Waals surface area (Å²) in [5.41, 5.74) is 3.63. The highest BCUT2D eigenvalue weighted by molar-refractivity contribution is 5.87. The molecule has 0 unspecified atom stereocenters. The highest BCUT2D eigenvalue weighted by atomic mass is 16.7. The van der Waals surface area contributed by atoms with E-state index in [9.17, 15) is 0 Å². The van der Waals surface area contributed by atoms with Gasteiger partial charge in [0.1, 0.15) is 0 Å². The Bertz CT molecular complexity index is 817. The van der Waals surface area contributed by atoms with Gasteiger partial charge in [0.05, 0.1) is 0 Å². The minimum atomic E-state index is 0.311. The van der Waals surface area contributed by atoms with E-state index in [1.54, 1.807) is 0 Å². The summed E-state index contributed by atoms with van der Waals surface area (Å²) < 4.78 is 13.3. The second-order valence-electron chi connectivity index (χ2n) is 5.62. The summed E-state index contributed by atoms with van der Waals surface area (Å²) in [5, 5.41) is 1.26. The predicted octanol–water partition coefficient (Wildman–Crippen LogP) is 4.62. The average molecular weight is 279 g/mol. The first-order chi connectivity index (χ1) is 10.2. The zero-order chi connectivity index (χ0) is 14.4. The molecule has 0 bridgehead atoms. The summed E-state index contributed by atoms with van der Waals surface area (Å²) in [6.07, 6.45) is 0. The van der Waals surface area contributed by atoms with Crippen molar-refractivity contribution in [1.82, 2.24) is 4.57 Å². The molecule has 106 valence electrons. The van der Waals surface area contributed by atoms with Crippen molar-refractivity contribution >= 4 is 10.9 Å². The van der Waals surface area contributed by atoms with E-state index in [-0.39, 0.29) is 0 Å². The molecule has 1 aliphatic heterocycles. The molecule has 0 atom stereocenters. The Balaban J connectivity index is 1.95. The van der Waals surface area contributed by atoms with Crippen LogP contribution in [0.25, 0.3) is 22.2 Å². The number of hydrogen-bond acceptors (Lipinski definition) is 2. The van der Waals surface area contributed by atoms with Gasteiger partial charge in [0.2, 0.25) is 6.79 Å². The Hall–Kier alpha value is -2.42. The fraction of sp³-hybridized carbons (Fsp3) is 0.222. The van der Waals surface area contributed by atoms with Gasteiger partial charge in [-0.05, 0) is 44.2 Å². The standard InChI is InChI=1S/C18H17NO2/c1-12(2)19-15-6-4-3-5-13(15)9-16(19)14-7-8-17-18(10-14)21-11-20-17/h3-10,12H,11H2,1-2H3. The number of rotatable bonds is 2. The molecule has 3 nitrogen and oxygen atoms in total. The average Bonchev–Trinajstić information content (AvgIpc) is 3.10. The fourth-order valence-corrected chi connectivity index (χ4v) is 3.01. The molecule has 0 aliphatic carbocycles. The Morgan fingerprint density at radius 1 is 0.952 bits per heavy atom. The molecule has 0 amide bonds. The summed E-state index contributed by atoms with van der Waals surface area (Å²) in [6.45, 7) is 4.73. The van der Waals surface area contributed by atoms with E-state index in [0.29, 0.717) is 12.8 Å². The van der Waals surface area contributed by atoms with Crippen LogP contribution >= 0.6 is 0 Å². The lowest BCUT2D eigenvalue weighted by Gasteiger charge is -2.15. The molecular formula is C18H17NO2. The Morgan fingerprint density at radius 2 is 1.76 bits per heavy atom. The molecule has 3 aromatic rings. The molecule has 21 heavy (non-hydrogen) atoms. The van der Waals surface area contributed by atoms with Crippen LogP contribution in [0.5, 0.6) is 11.5 Å². The molecule has 0 N–H and O–H groups in total. The second-order valence-corrected chi connectivity index (χ2v) is 5.62. The van der Waals surface area contributed by atoms with Crippen molar-refractivity contribution in [2.45, 2.75) is 19.9 Å². The number of benzene rings is 2. The van der Waals surface area contributed by atoms with Gasteiger partial charge in [-0.1, -0.05) is 18.2 Å². The molecule has 3 heteroatoms. The zero-order valence-electron chi connectivity index (χ0n) is 12.2. The third-order valence-corrected chi connectivity index (χ3v) is 3.93. The van der Waals surface area contributed by atoms with Crippen LogP contribution in [0, 0.1) is 0 Å². The molecular weight excluding hydrogens is 262 g/mol. The van der Waals surface area contributed by atoms with E-state index in [1.807, 2.05) is 6.07 Å². The topological polar surface area (TPSA) is 23.4 Å². The first-order valence-electron chi connectivity index (χ1n) is 7.24. The van der Waals surface area contributed by atoms with Crippen LogP contribution in [0.2, 0.25) is 0 Å². The van der Waals surface area contributed by atoms with Crippen molar-refractivity contribution in [1.29, 1.82) is 0 Å². The quantitative estimate of drug-likeness (QED) is 0.683. The predicted molar refractivity (Wildman–Crippen MR) is 83.9 cm³/mol.